The molecule has 0 saturated heterocycles. The Hall–Kier alpha value is -2.97. The fourth-order valence-corrected chi connectivity index (χ4v) is 6.17. The average Bonchev–Trinajstić information content (AvgIpc) is 3.15. The predicted octanol–water partition coefficient (Wildman–Crippen LogP) is 10.9. The number of carbonyl (C=O) groups is 3. The lowest BCUT2D eigenvalue weighted by atomic mass is 10.1. The van der Waals surface area contributed by atoms with Crippen molar-refractivity contribution in [3.05, 3.63) is 60.8 Å². The van der Waals surface area contributed by atoms with Gasteiger partial charge in [0.2, 0.25) is 0 Å². The summed E-state index contributed by atoms with van der Waals surface area (Å²) in [5.41, 5.74) is 0. The lowest BCUT2D eigenvalue weighted by Gasteiger charge is -2.34. The highest BCUT2D eigenvalue weighted by atomic mass is 16.6. The molecule has 0 aliphatic heterocycles. The van der Waals surface area contributed by atoms with E-state index in [-0.39, 0.29) is 42.7 Å². The van der Waals surface area contributed by atoms with Gasteiger partial charge in [0.15, 0.2) is 6.10 Å². The van der Waals surface area contributed by atoms with Gasteiger partial charge in [0, 0.05) is 19.3 Å². The largest absolute Gasteiger partial charge is 0.544 e. The van der Waals surface area contributed by atoms with E-state index in [1.54, 1.807) is 21.1 Å². The van der Waals surface area contributed by atoms with E-state index in [4.69, 9.17) is 14.2 Å². The monoisotopic (exact) mass is 786 g/mol. The van der Waals surface area contributed by atoms with Crippen LogP contribution in [0.1, 0.15) is 174 Å². The van der Waals surface area contributed by atoms with Gasteiger partial charge >= 0.3 is 11.9 Å². The highest BCUT2D eigenvalue weighted by Gasteiger charge is 2.25. The molecule has 0 fully saturated rings. The van der Waals surface area contributed by atoms with Gasteiger partial charge < -0.3 is 28.6 Å². The Bertz CT molecular complexity index is 1100. The maximum atomic E-state index is 12.7. The predicted molar refractivity (Wildman–Crippen MR) is 231 cm³/mol. The van der Waals surface area contributed by atoms with Crippen LogP contribution in [-0.2, 0) is 28.6 Å². The van der Waals surface area contributed by atoms with Crippen LogP contribution in [0.2, 0.25) is 0 Å². The number of quaternary nitrogens is 1. The van der Waals surface area contributed by atoms with E-state index >= 15 is 0 Å². The summed E-state index contributed by atoms with van der Waals surface area (Å²) in [6.07, 6.45) is 46.6. The van der Waals surface area contributed by atoms with Crippen LogP contribution in [0.3, 0.4) is 0 Å². The van der Waals surface area contributed by atoms with Gasteiger partial charge in [-0.15, -0.1) is 0 Å². The molecule has 322 valence electrons. The molecule has 2 atom stereocenters. The van der Waals surface area contributed by atoms with Crippen molar-refractivity contribution in [2.75, 3.05) is 41.0 Å². The van der Waals surface area contributed by atoms with Crippen molar-refractivity contribution in [2.24, 2.45) is 0 Å². The molecule has 0 aliphatic rings. The average molecular weight is 786 g/mol. The summed E-state index contributed by atoms with van der Waals surface area (Å²) in [5.74, 6) is -1.77. The first kappa shape index (κ1) is 53.0. The number of ether oxygens (including phenoxy) is 3. The third kappa shape index (κ3) is 36.7. The van der Waals surface area contributed by atoms with Crippen molar-refractivity contribution < 1.29 is 38.2 Å². The Morgan fingerprint density at radius 2 is 1.00 bits per heavy atom. The van der Waals surface area contributed by atoms with Gasteiger partial charge in [0.25, 0.3) is 0 Å². The molecule has 2 unspecified atom stereocenters. The van der Waals surface area contributed by atoms with E-state index in [9.17, 15) is 19.5 Å². The van der Waals surface area contributed by atoms with Crippen LogP contribution in [0.25, 0.3) is 0 Å². The first-order chi connectivity index (χ1) is 27.1. The van der Waals surface area contributed by atoms with Crippen LogP contribution in [0, 0.1) is 0 Å². The molecule has 56 heavy (non-hydrogen) atoms. The number of nitrogens with zero attached hydrogens (tertiary/aromatic N) is 1. The van der Waals surface area contributed by atoms with Gasteiger partial charge in [0.05, 0.1) is 40.3 Å². The molecule has 0 aromatic rings. The highest BCUT2D eigenvalue weighted by Crippen LogP contribution is 2.13. The number of carbonyl (C=O) groups excluding carboxylic acids is 3. The summed E-state index contributed by atoms with van der Waals surface area (Å²) in [6.45, 7) is 4.49. The van der Waals surface area contributed by atoms with E-state index in [1.807, 2.05) is 0 Å². The topological polar surface area (TPSA) is 102 Å². The molecule has 0 spiro atoms. The van der Waals surface area contributed by atoms with E-state index < -0.39 is 18.1 Å². The molecule has 8 heteroatoms. The normalized spacial score (nSPS) is 13.5. The molecule has 0 radical (unpaired) electrons. The zero-order chi connectivity index (χ0) is 41.4. The van der Waals surface area contributed by atoms with Crippen molar-refractivity contribution in [1.82, 2.24) is 0 Å². The van der Waals surface area contributed by atoms with Crippen molar-refractivity contribution in [3.8, 4) is 0 Å². The summed E-state index contributed by atoms with van der Waals surface area (Å²) in [5, 5.41) is 11.6. The Labute approximate surface area is 343 Å². The van der Waals surface area contributed by atoms with Gasteiger partial charge in [-0.2, -0.15) is 0 Å². The summed E-state index contributed by atoms with van der Waals surface area (Å²) in [7, 11) is 5.39. The van der Waals surface area contributed by atoms with Gasteiger partial charge in [-0.05, 0) is 77.0 Å². The minimum absolute atomic E-state index is 0.0299. The number of aliphatic carboxylic acids is 1. The second-order valence-electron chi connectivity index (χ2n) is 15.9. The second-order valence-corrected chi connectivity index (χ2v) is 15.9. The smallest absolute Gasteiger partial charge is 0.306 e. The number of hydrogen-bond acceptors (Lipinski definition) is 7. The zero-order valence-corrected chi connectivity index (χ0v) is 36.5. The van der Waals surface area contributed by atoms with Crippen molar-refractivity contribution in [2.45, 2.75) is 187 Å². The maximum absolute atomic E-state index is 12.7. The summed E-state index contributed by atoms with van der Waals surface area (Å²) >= 11 is 0. The third-order valence-corrected chi connectivity index (χ3v) is 9.64. The molecule has 0 N–H and O–H groups in total. The van der Waals surface area contributed by atoms with Crippen LogP contribution >= 0.6 is 0 Å². The fourth-order valence-electron chi connectivity index (χ4n) is 6.17. The number of likely N-dealkylation sites (N-methyl/N-ethyl adjacent to an activating group) is 1. The zero-order valence-electron chi connectivity index (χ0n) is 36.5. The first-order valence-corrected chi connectivity index (χ1v) is 22.3. The van der Waals surface area contributed by atoms with Gasteiger partial charge in [-0.25, -0.2) is 0 Å². The Morgan fingerprint density at radius 3 is 1.48 bits per heavy atom. The standard InChI is InChI=1S/C48H83NO7/c1-6-8-10-12-14-16-18-20-22-23-25-27-29-31-33-35-37-39-47(51)56-44(42-54-41-40-45(48(52)53)49(3,4)5)43-55-46(50)38-36-34-32-30-28-26-24-21-19-17-15-13-11-9-7-2/h8,10,14-17,20-22,24,44-45H,6-7,9,11-13,18-19,23,25-43H2,1-5H3/b10-8-,16-14-,17-15-,22-20-,24-21-. The molecule has 0 aromatic carbocycles. The lowest BCUT2D eigenvalue weighted by molar-refractivity contribution is -0.889. The van der Waals surface area contributed by atoms with Crippen LogP contribution in [0.5, 0.6) is 0 Å². The quantitative estimate of drug-likeness (QED) is 0.0265. The summed E-state index contributed by atoms with van der Waals surface area (Å²) in [4.78, 5) is 36.9. The van der Waals surface area contributed by atoms with E-state index in [1.165, 1.54) is 44.9 Å². The maximum Gasteiger partial charge on any atom is 0.306 e. The molecule has 0 amide bonds. The number of esters is 2. The first-order valence-electron chi connectivity index (χ1n) is 22.3. The van der Waals surface area contributed by atoms with Crippen LogP contribution < -0.4 is 5.11 Å². The molecule has 0 aromatic heterocycles. The third-order valence-electron chi connectivity index (χ3n) is 9.64. The number of rotatable bonds is 39. The van der Waals surface area contributed by atoms with Crippen molar-refractivity contribution in [1.29, 1.82) is 0 Å². The van der Waals surface area contributed by atoms with Crippen LogP contribution in [0.4, 0.5) is 0 Å². The van der Waals surface area contributed by atoms with Gasteiger partial charge in [-0.3, -0.25) is 9.59 Å². The Balaban J connectivity index is 4.38. The second kappa shape index (κ2) is 38.9. The number of allylic oxidation sites excluding steroid dienone is 10. The summed E-state index contributed by atoms with van der Waals surface area (Å²) < 4.78 is 17.2. The minimum Gasteiger partial charge on any atom is -0.544 e. The molecule has 8 nitrogen and oxygen atoms in total. The van der Waals surface area contributed by atoms with Crippen LogP contribution in [0.15, 0.2) is 60.8 Å². The van der Waals surface area contributed by atoms with E-state index in [0.717, 1.165) is 96.3 Å². The van der Waals surface area contributed by atoms with Gasteiger partial charge in [0.1, 0.15) is 12.6 Å². The van der Waals surface area contributed by atoms with E-state index in [0.29, 0.717) is 12.8 Å². The summed E-state index contributed by atoms with van der Waals surface area (Å²) in [6, 6.07) is -0.731. The Kier molecular flexibility index (Phi) is 36.8. The SMILES string of the molecule is CC/C=C\C/C=C\C/C=C\CCCCCCCCCC(=O)OC(COCCC(C(=O)[O-])[N+](C)(C)C)COC(=O)CCCCCCC/C=C\C/C=C\CCCCC. The number of unbranched alkanes of at least 4 members (excludes halogenated alkanes) is 15. The molecule has 0 saturated carbocycles. The molecule has 0 rings (SSSR count). The van der Waals surface area contributed by atoms with Crippen molar-refractivity contribution >= 4 is 17.9 Å². The van der Waals surface area contributed by atoms with Gasteiger partial charge in [-0.1, -0.05) is 139 Å². The van der Waals surface area contributed by atoms with Crippen LogP contribution in [-0.4, -0.2) is 75.5 Å². The number of carboxylic acids is 1. The molecule has 0 bridgehead atoms. The Morgan fingerprint density at radius 1 is 0.554 bits per heavy atom. The lowest BCUT2D eigenvalue weighted by Crippen LogP contribution is -2.55. The molecule has 0 aliphatic carbocycles. The number of hydrogen-bond donors (Lipinski definition) is 0. The van der Waals surface area contributed by atoms with E-state index in [2.05, 4.69) is 74.6 Å². The molecular formula is C48H83NO7. The molecule has 0 heterocycles. The molecular weight excluding hydrogens is 703 g/mol. The number of carboxylic acid groups (broad SMARTS) is 1. The van der Waals surface area contributed by atoms with Crippen molar-refractivity contribution in [3.63, 3.8) is 0 Å². The highest BCUT2D eigenvalue weighted by molar-refractivity contribution is 5.70. The fraction of sp³-hybridized carbons (Fsp3) is 0.729. The minimum atomic E-state index is -1.13.